The summed E-state index contributed by atoms with van der Waals surface area (Å²) in [4.78, 5) is 23.3. The van der Waals surface area contributed by atoms with Crippen LogP contribution < -0.4 is 10.6 Å². The van der Waals surface area contributed by atoms with Crippen molar-refractivity contribution in [2.75, 3.05) is 11.9 Å². The van der Waals surface area contributed by atoms with E-state index < -0.39 is 5.97 Å². The Morgan fingerprint density at radius 3 is 2.38 bits per heavy atom. The van der Waals surface area contributed by atoms with Crippen LogP contribution in [-0.4, -0.2) is 18.6 Å². The predicted octanol–water partition coefficient (Wildman–Crippen LogP) is 4.28. The average molecular weight is 356 g/mol. The molecule has 5 nitrogen and oxygen atoms in total. The number of urea groups is 1. The summed E-state index contributed by atoms with van der Waals surface area (Å²) >= 11 is 0. The Labute approximate surface area is 151 Å². The summed E-state index contributed by atoms with van der Waals surface area (Å²) in [6, 6.07) is 12.3. The van der Waals surface area contributed by atoms with E-state index in [0.29, 0.717) is 12.3 Å². The molecule has 2 N–H and O–H groups in total. The van der Waals surface area contributed by atoms with E-state index >= 15 is 0 Å². The lowest BCUT2D eigenvalue weighted by Gasteiger charge is -2.15. The minimum absolute atomic E-state index is 0.262. The summed E-state index contributed by atoms with van der Waals surface area (Å²) in [6.07, 6.45) is 2.99. The maximum atomic E-state index is 12.9. The molecule has 2 aromatic rings. The molecule has 136 valence electrons. The van der Waals surface area contributed by atoms with Crippen molar-refractivity contribution in [1.82, 2.24) is 5.32 Å². The number of hydrogen-bond donors (Lipinski definition) is 2. The molecule has 0 saturated carbocycles. The van der Waals surface area contributed by atoms with Gasteiger partial charge in [-0.05, 0) is 55.3 Å². The Bertz CT molecular complexity index is 771. The molecule has 0 unspecified atom stereocenters. The first-order valence-electron chi connectivity index (χ1n) is 8.26. The molecule has 0 aliphatic carbocycles. The number of halogens is 1. The molecule has 2 rings (SSSR count). The molecular formula is C20H21FN2O3. The molecule has 0 aliphatic rings. The third-order valence-electron chi connectivity index (χ3n) is 3.58. The monoisotopic (exact) mass is 356 g/mol. The second-order valence-corrected chi connectivity index (χ2v) is 5.58. The first-order chi connectivity index (χ1) is 12.5. The Morgan fingerprint density at radius 2 is 1.77 bits per heavy atom. The maximum absolute atomic E-state index is 12.9. The number of nitrogens with one attached hydrogen (secondary N) is 2. The van der Waals surface area contributed by atoms with Crippen molar-refractivity contribution < 1.29 is 18.7 Å². The van der Waals surface area contributed by atoms with Crippen LogP contribution in [0.3, 0.4) is 0 Å². The van der Waals surface area contributed by atoms with Crippen LogP contribution in [0, 0.1) is 5.82 Å². The number of amides is 2. The van der Waals surface area contributed by atoms with Gasteiger partial charge >= 0.3 is 12.0 Å². The molecule has 0 aliphatic heterocycles. The lowest BCUT2D eigenvalue weighted by molar-refractivity contribution is -0.137. The minimum atomic E-state index is -0.399. The number of ether oxygens (including phenoxy) is 1. The van der Waals surface area contributed by atoms with Crippen LogP contribution in [0.1, 0.15) is 31.0 Å². The quantitative estimate of drug-likeness (QED) is 0.599. The van der Waals surface area contributed by atoms with E-state index in [9.17, 15) is 14.0 Å². The van der Waals surface area contributed by atoms with Crippen LogP contribution in [-0.2, 0) is 9.53 Å². The van der Waals surface area contributed by atoms with Gasteiger partial charge in [-0.25, -0.2) is 14.0 Å². The van der Waals surface area contributed by atoms with Gasteiger partial charge in [0.2, 0.25) is 0 Å². The topological polar surface area (TPSA) is 67.4 Å². The standard InChI is InChI=1S/C20H21FN2O3/c1-3-26-19(24)13-6-15-4-11-18(12-5-15)23-20(25)22-14(2)16-7-9-17(21)10-8-16/h4-14H,3H2,1-2H3,(H2,22,23,25)/b13-6+/t14-/m1/s1. The van der Waals surface area contributed by atoms with Gasteiger partial charge in [-0.1, -0.05) is 24.3 Å². The maximum Gasteiger partial charge on any atom is 0.330 e. The lowest BCUT2D eigenvalue weighted by atomic mass is 10.1. The zero-order chi connectivity index (χ0) is 18.9. The second kappa shape index (κ2) is 9.36. The highest BCUT2D eigenvalue weighted by atomic mass is 19.1. The van der Waals surface area contributed by atoms with Crippen LogP contribution in [0.15, 0.2) is 54.6 Å². The molecule has 1 atom stereocenters. The van der Waals surface area contributed by atoms with Crippen molar-refractivity contribution in [3.63, 3.8) is 0 Å². The van der Waals surface area contributed by atoms with Crippen LogP contribution in [0.2, 0.25) is 0 Å². The molecule has 2 amide bonds. The predicted molar refractivity (Wildman–Crippen MR) is 99.1 cm³/mol. The summed E-state index contributed by atoms with van der Waals surface area (Å²) in [7, 11) is 0. The van der Waals surface area contributed by atoms with E-state index in [-0.39, 0.29) is 17.9 Å². The number of esters is 1. The average Bonchev–Trinajstić information content (AvgIpc) is 2.62. The fourth-order valence-corrected chi connectivity index (χ4v) is 2.23. The largest absolute Gasteiger partial charge is 0.463 e. The zero-order valence-corrected chi connectivity index (χ0v) is 14.7. The van der Waals surface area contributed by atoms with Crippen molar-refractivity contribution in [3.05, 3.63) is 71.6 Å². The van der Waals surface area contributed by atoms with Gasteiger partial charge in [0.15, 0.2) is 0 Å². The molecular weight excluding hydrogens is 335 g/mol. The summed E-state index contributed by atoms with van der Waals surface area (Å²) in [5.74, 6) is -0.716. The molecule has 2 aromatic carbocycles. The Morgan fingerprint density at radius 1 is 1.12 bits per heavy atom. The van der Waals surface area contributed by atoms with E-state index in [2.05, 4.69) is 10.6 Å². The molecule has 0 saturated heterocycles. The minimum Gasteiger partial charge on any atom is -0.463 e. The molecule has 0 aromatic heterocycles. The Hall–Kier alpha value is -3.15. The molecule has 0 heterocycles. The number of rotatable bonds is 6. The zero-order valence-electron chi connectivity index (χ0n) is 14.7. The molecule has 6 heteroatoms. The number of carbonyl (C=O) groups excluding carboxylic acids is 2. The van der Waals surface area contributed by atoms with Crippen LogP contribution in [0.25, 0.3) is 6.08 Å². The van der Waals surface area contributed by atoms with Gasteiger partial charge < -0.3 is 15.4 Å². The van der Waals surface area contributed by atoms with Gasteiger partial charge in [0.1, 0.15) is 5.82 Å². The third-order valence-corrected chi connectivity index (χ3v) is 3.58. The third kappa shape index (κ3) is 6.05. The Kier molecular flexibility index (Phi) is 6.91. The lowest BCUT2D eigenvalue weighted by Crippen LogP contribution is -2.31. The molecule has 0 radical (unpaired) electrons. The van der Waals surface area contributed by atoms with E-state index in [1.165, 1.54) is 18.2 Å². The Balaban J connectivity index is 1.88. The van der Waals surface area contributed by atoms with Crippen molar-refractivity contribution in [2.24, 2.45) is 0 Å². The van der Waals surface area contributed by atoms with E-state index in [1.807, 2.05) is 6.92 Å². The normalized spacial score (nSPS) is 11.8. The van der Waals surface area contributed by atoms with Gasteiger partial charge in [-0.2, -0.15) is 0 Å². The summed E-state index contributed by atoms with van der Waals surface area (Å²) < 4.78 is 17.7. The number of carbonyl (C=O) groups is 2. The molecule has 0 fully saturated rings. The van der Waals surface area contributed by atoms with Gasteiger partial charge in [0.25, 0.3) is 0 Å². The molecule has 0 spiro atoms. The van der Waals surface area contributed by atoms with E-state index in [1.54, 1.807) is 49.4 Å². The van der Waals surface area contributed by atoms with Crippen molar-refractivity contribution >= 4 is 23.8 Å². The van der Waals surface area contributed by atoms with Crippen molar-refractivity contribution in [1.29, 1.82) is 0 Å². The van der Waals surface area contributed by atoms with Crippen LogP contribution in [0.4, 0.5) is 14.9 Å². The SMILES string of the molecule is CCOC(=O)/C=C/c1ccc(NC(=O)N[C@H](C)c2ccc(F)cc2)cc1. The fraction of sp³-hybridized carbons (Fsp3) is 0.200. The van der Waals surface area contributed by atoms with Gasteiger partial charge in [0.05, 0.1) is 12.6 Å². The number of anilines is 1. The van der Waals surface area contributed by atoms with Crippen molar-refractivity contribution in [3.8, 4) is 0 Å². The number of benzene rings is 2. The highest BCUT2D eigenvalue weighted by Crippen LogP contribution is 2.14. The van der Waals surface area contributed by atoms with E-state index in [4.69, 9.17) is 4.74 Å². The van der Waals surface area contributed by atoms with Crippen LogP contribution in [0.5, 0.6) is 0 Å². The highest BCUT2D eigenvalue weighted by Gasteiger charge is 2.09. The van der Waals surface area contributed by atoms with Gasteiger partial charge in [0, 0.05) is 11.8 Å². The molecule has 26 heavy (non-hydrogen) atoms. The first-order valence-corrected chi connectivity index (χ1v) is 8.26. The smallest absolute Gasteiger partial charge is 0.330 e. The summed E-state index contributed by atoms with van der Waals surface area (Å²) in [5, 5.41) is 5.51. The molecule has 0 bridgehead atoms. The fourth-order valence-electron chi connectivity index (χ4n) is 2.23. The highest BCUT2D eigenvalue weighted by molar-refractivity contribution is 5.90. The second-order valence-electron chi connectivity index (χ2n) is 5.58. The van der Waals surface area contributed by atoms with E-state index in [0.717, 1.165) is 11.1 Å². The van der Waals surface area contributed by atoms with Crippen LogP contribution >= 0.6 is 0 Å². The van der Waals surface area contributed by atoms with Gasteiger partial charge in [-0.3, -0.25) is 0 Å². The van der Waals surface area contributed by atoms with Crippen molar-refractivity contribution in [2.45, 2.75) is 19.9 Å². The summed E-state index contributed by atoms with van der Waals surface area (Å²) in [6.45, 7) is 3.89. The summed E-state index contributed by atoms with van der Waals surface area (Å²) in [5.41, 5.74) is 2.23. The first kappa shape index (κ1) is 19.2. The number of hydrogen-bond acceptors (Lipinski definition) is 3. The van der Waals surface area contributed by atoms with Gasteiger partial charge in [-0.15, -0.1) is 0 Å².